The van der Waals surface area contributed by atoms with E-state index in [2.05, 4.69) is 24.5 Å². The Bertz CT molecular complexity index is 788. The topological polar surface area (TPSA) is 70.7 Å². The first-order valence-electron chi connectivity index (χ1n) is 9.48. The number of nitrogens with zero attached hydrogens (tertiary/aromatic N) is 1. The van der Waals surface area contributed by atoms with Gasteiger partial charge in [-0.25, -0.2) is 0 Å². The molecule has 2 amide bonds. The van der Waals surface area contributed by atoms with Crippen molar-refractivity contribution in [1.82, 2.24) is 4.90 Å². The van der Waals surface area contributed by atoms with Gasteiger partial charge in [0.05, 0.1) is 20.2 Å². The fourth-order valence-corrected chi connectivity index (χ4v) is 2.86. The average Bonchev–Trinajstić information content (AvgIpc) is 2.68. The molecule has 28 heavy (non-hydrogen) atoms. The van der Waals surface area contributed by atoms with E-state index >= 15 is 0 Å². The van der Waals surface area contributed by atoms with Gasteiger partial charge in [0.15, 0.2) is 0 Å². The Balaban J connectivity index is 1.90. The third-order valence-electron chi connectivity index (χ3n) is 4.41. The van der Waals surface area contributed by atoms with E-state index in [4.69, 9.17) is 4.74 Å². The minimum atomic E-state index is -0.164. The maximum Gasteiger partial charge on any atom is 0.238 e. The Morgan fingerprint density at radius 3 is 2.14 bits per heavy atom. The van der Waals surface area contributed by atoms with E-state index in [1.54, 1.807) is 36.3 Å². The molecule has 2 N–H and O–H groups in total. The predicted molar refractivity (Wildman–Crippen MR) is 113 cm³/mol. The first kappa shape index (κ1) is 21.4. The minimum absolute atomic E-state index is 0.132. The molecule has 2 aromatic rings. The van der Waals surface area contributed by atoms with Crippen molar-refractivity contribution < 1.29 is 14.3 Å². The zero-order valence-corrected chi connectivity index (χ0v) is 17.0. The molecule has 0 heterocycles. The Labute approximate surface area is 166 Å². The number of hydrogen-bond acceptors (Lipinski definition) is 4. The van der Waals surface area contributed by atoms with Crippen LogP contribution in [-0.4, -0.2) is 43.5 Å². The summed E-state index contributed by atoms with van der Waals surface area (Å²) < 4.78 is 5.11. The van der Waals surface area contributed by atoms with Crippen LogP contribution in [0.2, 0.25) is 0 Å². The van der Waals surface area contributed by atoms with Gasteiger partial charge in [0, 0.05) is 11.4 Å². The van der Waals surface area contributed by atoms with Crippen LogP contribution in [0.3, 0.4) is 0 Å². The van der Waals surface area contributed by atoms with Gasteiger partial charge in [-0.05, 0) is 48.4 Å². The Morgan fingerprint density at radius 2 is 1.57 bits per heavy atom. The van der Waals surface area contributed by atoms with Gasteiger partial charge < -0.3 is 15.4 Å². The van der Waals surface area contributed by atoms with Crippen molar-refractivity contribution in [2.45, 2.75) is 26.7 Å². The molecule has 0 aromatic heterocycles. The van der Waals surface area contributed by atoms with Crippen molar-refractivity contribution in [1.29, 1.82) is 0 Å². The number of para-hydroxylation sites is 1. The summed E-state index contributed by atoms with van der Waals surface area (Å²) in [5, 5.41) is 5.80. The van der Waals surface area contributed by atoms with E-state index in [0.717, 1.165) is 17.0 Å². The van der Waals surface area contributed by atoms with Crippen LogP contribution in [0.1, 0.15) is 32.3 Å². The van der Waals surface area contributed by atoms with Crippen molar-refractivity contribution in [3.8, 4) is 5.75 Å². The lowest BCUT2D eigenvalue weighted by molar-refractivity contribution is -0.119. The van der Waals surface area contributed by atoms with Crippen LogP contribution in [0, 0.1) is 0 Å². The molecule has 0 aliphatic heterocycles. The van der Waals surface area contributed by atoms with Crippen LogP contribution in [-0.2, 0) is 9.59 Å². The molecule has 150 valence electrons. The van der Waals surface area contributed by atoms with E-state index in [1.165, 1.54) is 0 Å². The molecular weight excluding hydrogens is 354 g/mol. The molecule has 0 saturated heterocycles. The zero-order chi connectivity index (χ0) is 20.5. The highest BCUT2D eigenvalue weighted by molar-refractivity contribution is 5.95. The van der Waals surface area contributed by atoms with Crippen LogP contribution in [0.4, 0.5) is 11.4 Å². The van der Waals surface area contributed by atoms with Crippen molar-refractivity contribution in [2.24, 2.45) is 0 Å². The molecule has 6 heteroatoms. The number of rotatable bonds is 9. The summed E-state index contributed by atoms with van der Waals surface area (Å²) in [4.78, 5) is 26.6. The Hall–Kier alpha value is -2.86. The number of carbonyl (C=O) groups is 2. The lowest BCUT2D eigenvalue weighted by Gasteiger charge is -2.20. The lowest BCUT2D eigenvalue weighted by atomic mass is 10.0. The standard InChI is InChI=1S/C22H29N3O3/c1-5-25(14-21(26)23-17-10-12-18(28-4)13-11-17)15-22(27)24-20-9-7-6-8-19(20)16(2)3/h6-13,16H,5,14-15H2,1-4H3,(H,23,26)(H,24,27). The van der Waals surface area contributed by atoms with Gasteiger partial charge in [0.25, 0.3) is 0 Å². The van der Waals surface area contributed by atoms with E-state index in [-0.39, 0.29) is 24.9 Å². The van der Waals surface area contributed by atoms with Crippen LogP contribution in [0.15, 0.2) is 48.5 Å². The van der Waals surface area contributed by atoms with Crippen LogP contribution in [0.25, 0.3) is 0 Å². The van der Waals surface area contributed by atoms with Crippen molar-refractivity contribution in [3.05, 3.63) is 54.1 Å². The highest BCUT2D eigenvalue weighted by atomic mass is 16.5. The van der Waals surface area contributed by atoms with E-state index in [0.29, 0.717) is 18.2 Å². The number of methoxy groups -OCH3 is 1. The highest BCUT2D eigenvalue weighted by Crippen LogP contribution is 2.23. The van der Waals surface area contributed by atoms with Gasteiger partial charge in [0.1, 0.15) is 5.75 Å². The van der Waals surface area contributed by atoms with Gasteiger partial charge in [-0.15, -0.1) is 0 Å². The molecule has 0 aliphatic rings. The van der Waals surface area contributed by atoms with Gasteiger partial charge in [-0.1, -0.05) is 39.0 Å². The minimum Gasteiger partial charge on any atom is -0.497 e. The third kappa shape index (κ3) is 6.39. The SMILES string of the molecule is CCN(CC(=O)Nc1ccc(OC)cc1)CC(=O)Nc1ccccc1C(C)C. The normalized spacial score (nSPS) is 10.8. The Morgan fingerprint density at radius 1 is 0.964 bits per heavy atom. The van der Waals surface area contributed by atoms with Crippen molar-refractivity contribution in [2.75, 3.05) is 37.4 Å². The number of carbonyl (C=O) groups excluding carboxylic acids is 2. The van der Waals surface area contributed by atoms with Gasteiger partial charge in [-0.2, -0.15) is 0 Å². The van der Waals surface area contributed by atoms with Gasteiger partial charge in [0.2, 0.25) is 11.8 Å². The zero-order valence-electron chi connectivity index (χ0n) is 17.0. The van der Waals surface area contributed by atoms with E-state index in [9.17, 15) is 9.59 Å². The molecule has 2 rings (SSSR count). The summed E-state index contributed by atoms with van der Waals surface area (Å²) in [6.07, 6.45) is 0. The largest absolute Gasteiger partial charge is 0.497 e. The number of nitrogens with one attached hydrogen (secondary N) is 2. The maximum absolute atomic E-state index is 12.5. The molecule has 0 atom stereocenters. The number of likely N-dealkylation sites (N-methyl/N-ethyl adjacent to an activating group) is 1. The summed E-state index contributed by atoms with van der Waals surface area (Å²) in [5.74, 6) is 0.746. The van der Waals surface area contributed by atoms with Crippen molar-refractivity contribution >= 4 is 23.2 Å². The predicted octanol–water partition coefficient (Wildman–Crippen LogP) is 3.72. The molecule has 0 unspecified atom stereocenters. The van der Waals surface area contributed by atoms with Gasteiger partial charge >= 0.3 is 0 Å². The number of benzene rings is 2. The smallest absolute Gasteiger partial charge is 0.238 e. The number of amides is 2. The average molecular weight is 383 g/mol. The molecule has 0 fully saturated rings. The number of ether oxygens (including phenoxy) is 1. The summed E-state index contributed by atoms with van der Waals surface area (Å²) in [6, 6.07) is 14.9. The quantitative estimate of drug-likeness (QED) is 0.692. The van der Waals surface area contributed by atoms with Crippen molar-refractivity contribution in [3.63, 3.8) is 0 Å². The van der Waals surface area contributed by atoms with E-state index in [1.807, 2.05) is 31.2 Å². The van der Waals surface area contributed by atoms with Crippen LogP contribution >= 0.6 is 0 Å². The first-order valence-corrected chi connectivity index (χ1v) is 9.48. The highest BCUT2D eigenvalue weighted by Gasteiger charge is 2.15. The fraction of sp³-hybridized carbons (Fsp3) is 0.364. The molecule has 6 nitrogen and oxygen atoms in total. The second-order valence-electron chi connectivity index (χ2n) is 6.87. The molecule has 2 aromatic carbocycles. The monoisotopic (exact) mass is 383 g/mol. The molecular formula is C22H29N3O3. The summed E-state index contributed by atoms with van der Waals surface area (Å²) in [6.45, 7) is 6.99. The van der Waals surface area contributed by atoms with Crippen LogP contribution in [0.5, 0.6) is 5.75 Å². The number of anilines is 2. The third-order valence-corrected chi connectivity index (χ3v) is 4.41. The lowest BCUT2D eigenvalue weighted by Crippen LogP contribution is -2.38. The van der Waals surface area contributed by atoms with Crippen LogP contribution < -0.4 is 15.4 Å². The summed E-state index contributed by atoms with van der Waals surface area (Å²) in [5.41, 5.74) is 2.61. The molecule has 0 radical (unpaired) electrons. The first-order chi connectivity index (χ1) is 13.4. The molecule has 0 saturated carbocycles. The second-order valence-corrected chi connectivity index (χ2v) is 6.87. The van der Waals surface area contributed by atoms with E-state index < -0.39 is 0 Å². The fourth-order valence-electron chi connectivity index (χ4n) is 2.86. The molecule has 0 aliphatic carbocycles. The summed E-state index contributed by atoms with van der Waals surface area (Å²) in [7, 11) is 1.59. The second kappa shape index (κ2) is 10.5. The summed E-state index contributed by atoms with van der Waals surface area (Å²) >= 11 is 0. The molecule has 0 bridgehead atoms. The van der Waals surface area contributed by atoms with Gasteiger partial charge in [-0.3, -0.25) is 14.5 Å². The number of hydrogen-bond donors (Lipinski definition) is 2. The molecule has 0 spiro atoms. The Kier molecular flexibility index (Phi) is 8.02. The maximum atomic E-state index is 12.5.